The number of halogens is 1. The van der Waals surface area contributed by atoms with Crippen molar-refractivity contribution in [3.05, 3.63) is 94.3 Å². The third-order valence-electron chi connectivity index (χ3n) is 6.16. The van der Waals surface area contributed by atoms with Gasteiger partial charge in [0.25, 0.3) is 5.78 Å². The largest absolute Gasteiger partial charge is 0.507 e. The van der Waals surface area contributed by atoms with Crippen molar-refractivity contribution >= 4 is 40.4 Å². The third kappa shape index (κ3) is 3.98. The maximum absolute atomic E-state index is 14.1. The standard InChI is InChI=1S/C27H20FN3O6/c1-13-4-3-5-14(10-13)22-21(23(32)17-12-16(28)7-9-20(17)37-2)24(33)25(34)31(22)27-29-18-8-6-15(26(35)36)11-19(18)30-27/h3-12,22,32H,1-2H3,(H,29,30)(H,35,36)/b23-21+. The van der Waals surface area contributed by atoms with Crippen molar-refractivity contribution in [3.8, 4) is 5.75 Å². The van der Waals surface area contributed by atoms with Gasteiger partial charge in [-0.3, -0.25) is 14.5 Å². The highest BCUT2D eigenvalue weighted by molar-refractivity contribution is 6.51. The lowest BCUT2D eigenvalue weighted by atomic mass is 9.94. The molecule has 4 aromatic rings. The number of aliphatic hydroxyl groups is 1. The summed E-state index contributed by atoms with van der Waals surface area (Å²) in [6.07, 6.45) is 0. The number of aromatic carboxylic acids is 1. The SMILES string of the molecule is COc1ccc(F)cc1/C(O)=C1\C(=O)C(=O)N(c2nc3ccc(C(=O)O)cc3[nH]2)C1c1cccc(C)c1. The van der Waals surface area contributed by atoms with Gasteiger partial charge in [0.15, 0.2) is 0 Å². The van der Waals surface area contributed by atoms with E-state index in [1.54, 1.807) is 18.2 Å². The van der Waals surface area contributed by atoms with Gasteiger partial charge in [-0.2, -0.15) is 0 Å². The van der Waals surface area contributed by atoms with Gasteiger partial charge in [-0.1, -0.05) is 29.8 Å². The fourth-order valence-corrected chi connectivity index (χ4v) is 4.46. The molecule has 1 fully saturated rings. The van der Waals surface area contributed by atoms with Crippen LogP contribution in [0, 0.1) is 12.7 Å². The first kappa shape index (κ1) is 23.7. The average molecular weight is 501 g/mol. The minimum atomic E-state index is -1.14. The smallest absolute Gasteiger partial charge is 0.335 e. The van der Waals surface area contributed by atoms with Gasteiger partial charge in [0, 0.05) is 0 Å². The molecule has 9 nitrogen and oxygen atoms in total. The monoisotopic (exact) mass is 501 g/mol. The number of ether oxygens (including phenoxy) is 1. The Balaban J connectivity index is 1.75. The second-order valence-corrected chi connectivity index (χ2v) is 8.53. The van der Waals surface area contributed by atoms with E-state index in [0.29, 0.717) is 16.6 Å². The van der Waals surface area contributed by atoms with Crippen LogP contribution in [0.15, 0.2) is 66.2 Å². The number of hydrogen-bond acceptors (Lipinski definition) is 6. The second-order valence-electron chi connectivity index (χ2n) is 8.53. The van der Waals surface area contributed by atoms with E-state index >= 15 is 0 Å². The quantitative estimate of drug-likeness (QED) is 0.210. The molecule has 1 atom stereocenters. The van der Waals surface area contributed by atoms with Gasteiger partial charge in [0.1, 0.15) is 17.3 Å². The Hall–Kier alpha value is -4.99. The van der Waals surface area contributed by atoms with Gasteiger partial charge in [-0.05, 0) is 48.9 Å². The minimum absolute atomic E-state index is 0.0122. The van der Waals surface area contributed by atoms with Crippen LogP contribution in [0.5, 0.6) is 5.75 Å². The summed E-state index contributed by atoms with van der Waals surface area (Å²) in [7, 11) is 1.33. The minimum Gasteiger partial charge on any atom is -0.507 e. The Bertz CT molecular complexity index is 1640. The maximum Gasteiger partial charge on any atom is 0.335 e. The number of aryl methyl sites for hydroxylation is 1. The molecule has 1 saturated heterocycles. The van der Waals surface area contributed by atoms with E-state index < -0.39 is 35.3 Å². The lowest BCUT2D eigenvalue weighted by molar-refractivity contribution is -0.132. The number of rotatable bonds is 5. The zero-order valence-electron chi connectivity index (χ0n) is 19.7. The van der Waals surface area contributed by atoms with Crippen molar-refractivity contribution in [2.75, 3.05) is 12.0 Å². The number of carbonyl (C=O) groups excluding carboxylic acids is 2. The van der Waals surface area contributed by atoms with Crippen LogP contribution in [0.2, 0.25) is 0 Å². The summed E-state index contributed by atoms with van der Waals surface area (Å²) >= 11 is 0. The number of carboxylic acids is 1. The van der Waals surface area contributed by atoms with E-state index in [1.807, 2.05) is 13.0 Å². The molecule has 1 aliphatic rings. The molecule has 3 N–H and O–H groups in total. The van der Waals surface area contributed by atoms with E-state index in [9.17, 15) is 29.0 Å². The summed E-state index contributed by atoms with van der Waals surface area (Å²) in [5.41, 5.74) is 1.70. The van der Waals surface area contributed by atoms with Gasteiger partial charge < -0.3 is 19.9 Å². The summed E-state index contributed by atoms with van der Waals surface area (Å²) in [6.45, 7) is 1.83. The molecule has 5 rings (SSSR count). The highest BCUT2D eigenvalue weighted by atomic mass is 19.1. The number of H-pyrrole nitrogens is 1. The van der Waals surface area contributed by atoms with Crippen LogP contribution in [-0.2, 0) is 9.59 Å². The molecule has 0 aliphatic carbocycles. The topological polar surface area (TPSA) is 133 Å². The van der Waals surface area contributed by atoms with E-state index in [-0.39, 0.29) is 28.4 Å². The lowest BCUT2D eigenvalue weighted by Gasteiger charge is -2.23. The van der Waals surface area contributed by atoms with Crippen molar-refractivity contribution in [2.24, 2.45) is 0 Å². The number of carboxylic acid groups (broad SMARTS) is 1. The van der Waals surface area contributed by atoms with Crippen LogP contribution in [0.3, 0.4) is 0 Å². The Labute approximate surface area is 209 Å². The molecular formula is C27H20FN3O6. The fraction of sp³-hybridized carbons (Fsp3) is 0.111. The van der Waals surface area contributed by atoms with Gasteiger partial charge in [0.05, 0.1) is 40.9 Å². The molecule has 0 radical (unpaired) electrons. The summed E-state index contributed by atoms with van der Waals surface area (Å²) in [6, 6.07) is 13.6. The van der Waals surface area contributed by atoms with Crippen LogP contribution in [0.4, 0.5) is 10.3 Å². The molecule has 0 bridgehead atoms. The van der Waals surface area contributed by atoms with Crippen LogP contribution in [0.25, 0.3) is 16.8 Å². The first-order valence-corrected chi connectivity index (χ1v) is 11.1. The van der Waals surface area contributed by atoms with E-state index in [4.69, 9.17) is 4.74 Å². The molecule has 1 unspecified atom stereocenters. The summed E-state index contributed by atoms with van der Waals surface area (Å²) in [5.74, 6) is -4.29. The average Bonchev–Trinajstić information content (AvgIpc) is 3.41. The summed E-state index contributed by atoms with van der Waals surface area (Å²) in [4.78, 5) is 46.5. The zero-order valence-corrected chi connectivity index (χ0v) is 19.7. The van der Waals surface area contributed by atoms with Crippen molar-refractivity contribution < 1.29 is 33.7 Å². The number of benzene rings is 3. The number of aromatic amines is 1. The number of anilines is 1. The number of carbonyl (C=O) groups is 3. The highest BCUT2D eigenvalue weighted by Crippen LogP contribution is 2.43. The molecule has 0 saturated carbocycles. The summed E-state index contributed by atoms with van der Waals surface area (Å²) < 4.78 is 19.4. The number of hydrogen-bond donors (Lipinski definition) is 3. The van der Waals surface area contributed by atoms with Gasteiger partial charge in [0.2, 0.25) is 5.95 Å². The van der Waals surface area contributed by atoms with Crippen molar-refractivity contribution in [1.29, 1.82) is 0 Å². The Kier molecular flexibility index (Phi) is 5.71. The molecule has 3 aromatic carbocycles. The van der Waals surface area contributed by atoms with Gasteiger partial charge >= 0.3 is 11.9 Å². The zero-order chi connectivity index (χ0) is 26.4. The summed E-state index contributed by atoms with van der Waals surface area (Å²) in [5, 5.41) is 20.6. The molecule has 10 heteroatoms. The second kappa shape index (κ2) is 8.90. The molecule has 1 aliphatic heterocycles. The van der Waals surface area contributed by atoms with Crippen LogP contribution < -0.4 is 9.64 Å². The third-order valence-corrected chi connectivity index (χ3v) is 6.16. The molecule has 2 heterocycles. The number of fused-ring (bicyclic) bond motifs is 1. The number of amides is 1. The predicted octanol–water partition coefficient (Wildman–Crippen LogP) is 4.34. The van der Waals surface area contributed by atoms with Gasteiger partial charge in [-0.25, -0.2) is 14.2 Å². The number of nitrogens with one attached hydrogen (secondary N) is 1. The predicted molar refractivity (Wildman–Crippen MR) is 132 cm³/mol. The number of nitrogens with zero attached hydrogens (tertiary/aromatic N) is 2. The van der Waals surface area contributed by atoms with E-state index in [1.165, 1.54) is 31.4 Å². The number of Topliss-reactive ketones (excluding diaryl/α,β-unsaturated/α-hetero) is 1. The van der Waals surface area contributed by atoms with Crippen LogP contribution >= 0.6 is 0 Å². The maximum atomic E-state index is 14.1. The molecular weight excluding hydrogens is 481 g/mol. The molecule has 186 valence electrons. The van der Waals surface area contributed by atoms with Crippen molar-refractivity contribution in [3.63, 3.8) is 0 Å². The molecule has 0 spiro atoms. The number of aromatic nitrogens is 2. The number of ketones is 1. The Morgan fingerprint density at radius 1 is 1.08 bits per heavy atom. The Morgan fingerprint density at radius 2 is 1.86 bits per heavy atom. The van der Waals surface area contributed by atoms with E-state index in [2.05, 4.69) is 9.97 Å². The normalized spacial score (nSPS) is 16.9. The molecule has 37 heavy (non-hydrogen) atoms. The lowest BCUT2D eigenvalue weighted by Crippen LogP contribution is -2.30. The van der Waals surface area contributed by atoms with Crippen LogP contribution in [-0.4, -0.2) is 45.0 Å². The molecule has 1 aromatic heterocycles. The van der Waals surface area contributed by atoms with Crippen LogP contribution in [0.1, 0.15) is 33.1 Å². The number of imidazole rings is 1. The van der Waals surface area contributed by atoms with E-state index in [0.717, 1.165) is 22.6 Å². The van der Waals surface area contributed by atoms with Crippen molar-refractivity contribution in [2.45, 2.75) is 13.0 Å². The first-order chi connectivity index (χ1) is 17.7. The van der Waals surface area contributed by atoms with Crippen molar-refractivity contribution in [1.82, 2.24) is 9.97 Å². The highest BCUT2D eigenvalue weighted by Gasteiger charge is 2.48. The Morgan fingerprint density at radius 3 is 2.57 bits per heavy atom. The fourth-order valence-electron chi connectivity index (χ4n) is 4.46. The molecule has 1 amide bonds. The number of methoxy groups -OCH3 is 1. The van der Waals surface area contributed by atoms with Gasteiger partial charge in [-0.15, -0.1) is 0 Å². The number of aliphatic hydroxyl groups excluding tert-OH is 1. The first-order valence-electron chi connectivity index (χ1n) is 11.1.